The van der Waals surface area contributed by atoms with Crippen molar-refractivity contribution >= 4 is 0 Å². The Morgan fingerprint density at radius 1 is 1.33 bits per heavy atom. The molecule has 0 aliphatic carbocycles. The first-order chi connectivity index (χ1) is 8.60. The van der Waals surface area contributed by atoms with Crippen LogP contribution in [0.3, 0.4) is 0 Å². The molecule has 2 N–H and O–H groups in total. The van der Waals surface area contributed by atoms with Gasteiger partial charge >= 0.3 is 0 Å². The van der Waals surface area contributed by atoms with E-state index < -0.39 is 0 Å². The Hall–Kier alpha value is -0.930. The second-order valence-electron chi connectivity index (χ2n) is 4.97. The van der Waals surface area contributed by atoms with Gasteiger partial charge in [0.15, 0.2) is 0 Å². The van der Waals surface area contributed by atoms with Crippen molar-refractivity contribution in [2.24, 2.45) is 11.7 Å². The predicted molar refractivity (Wildman–Crippen MR) is 74.7 cm³/mol. The third kappa shape index (κ3) is 4.39. The largest absolute Gasteiger partial charge is 0.326 e. The van der Waals surface area contributed by atoms with Gasteiger partial charge in [-0.15, -0.1) is 0 Å². The van der Waals surface area contributed by atoms with Gasteiger partial charge in [-0.05, 0) is 24.1 Å². The topological polar surface area (TPSA) is 29.3 Å². The number of nitrogens with two attached hydrogens (primary N) is 1. The lowest BCUT2D eigenvalue weighted by atomic mass is 10.1. The van der Waals surface area contributed by atoms with Crippen molar-refractivity contribution in [3.8, 4) is 0 Å². The van der Waals surface area contributed by atoms with Crippen molar-refractivity contribution in [3.05, 3.63) is 35.1 Å². The quantitative estimate of drug-likeness (QED) is 0.807. The van der Waals surface area contributed by atoms with Gasteiger partial charge in [0.1, 0.15) is 5.82 Å². The molecule has 102 valence electrons. The molecule has 2 nitrogen and oxygen atoms in total. The number of halogens is 1. The molecule has 1 unspecified atom stereocenters. The molecule has 18 heavy (non-hydrogen) atoms. The molecule has 0 saturated carbocycles. The van der Waals surface area contributed by atoms with Crippen LogP contribution in [0.25, 0.3) is 0 Å². The van der Waals surface area contributed by atoms with Crippen molar-refractivity contribution in [2.75, 3.05) is 13.1 Å². The molecule has 0 aromatic heterocycles. The van der Waals surface area contributed by atoms with E-state index in [0.29, 0.717) is 11.5 Å². The predicted octanol–water partition coefficient (Wildman–Crippen LogP) is 3.15. The second kappa shape index (κ2) is 7.49. The van der Waals surface area contributed by atoms with Crippen LogP contribution in [0.4, 0.5) is 4.39 Å². The Labute approximate surface area is 110 Å². The van der Waals surface area contributed by atoms with E-state index in [0.717, 1.165) is 25.2 Å². The van der Waals surface area contributed by atoms with E-state index in [2.05, 4.69) is 25.7 Å². The van der Waals surface area contributed by atoms with E-state index in [9.17, 15) is 4.39 Å². The summed E-state index contributed by atoms with van der Waals surface area (Å²) in [5.74, 6) is 0.491. The van der Waals surface area contributed by atoms with Crippen LogP contribution in [-0.4, -0.2) is 18.0 Å². The summed E-state index contributed by atoms with van der Waals surface area (Å²) in [7, 11) is 0. The average molecular weight is 252 g/mol. The van der Waals surface area contributed by atoms with Crippen LogP contribution in [0.2, 0.25) is 0 Å². The van der Waals surface area contributed by atoms with Crippen molar-refractivity contribution in [1.82, 2.24) is 4.90 Å². The SMILES string of the molecule is CCC(C)CN(CC)Cc1ccc(F)c(CN)c1. The molecular weight excluding hydrogens is 227 g/mol. The molecule has 1 atom stereocenters. The van der Waals surface area contributed by atoms with Crippen molar-refractivity contribution in [2.45, 2.75) is 40.3 Å². The normalized spacial score (nSPS) is 13.0. The van der Waals surface area contributed by atoms with Crippen LogP contribution in [0.1, 0.15) is 38.3 Å². The molecular formula is C15H25FN2. The molecule has 0 spiro atoms. The Morgan fingerprint density at radius 2 is 2.06 bits per heavy atom. The minimum Gasteiger partial charge on any atom is -0.326 e. The molecule has 0 aliphatic rings. The minimum absolute atomic E-state index is 0.203. The molecule has 0 fully saturated rings. The molecule has 0 radical (unpaired) electrons. The first-order valence-electron chi connectivity index (χ1n) is 6.80. The molecule has 1 rings (SSSR count). The molecule has 0 bridgehead atoms. The van der Waals surface area contributed by atoms with Gasteiger partial charge in [0.2, 0.25) is 0 Å². The van der Waals surface area contributed by atoms with Gasteiger partial charge in [-0.1, -0.05) is 39.3 Å². The highest BCUT2D eigenvalue weighted by Crippen LogP contribution is 2.13. The highest BCUT2D eigenvalue weighted by molar-refractivity contribution is 5.25. The molecule has 0 heterocycles. The Bertz CT molecular complexity index is 366. The highest BCUT2D eigenvalue weighted by atomic mass is 19.1. The fourth-order valence-electron chi connectivity index (χ4n) is 2.02. The fourth-order valence-corrected chi connectivity index (χ4v) is 2.02. The number of rotatable bonds is 7. The van der Waals surface area contributed by atoms with E-state index in [1.165, 1.54) is 12.5 Å². The second-order valence-corrected chi connectivity index (χ2v) is 4.97. The van der Waals surface area contributed by atoms with E-state index in [1.807, 2.05) is 12.1 Å². The third-order valence-electron chi connectivity index (χ3n) is 3.45. The summed E-state index contributed by atoms with van der Waals surface area (Å²) >= 11 is 0. The zero-order valence-corrected chi connectivity index (χ0v) is 11.7. The lowest BCUT2D eigenvalue weighted by Gasteiger charge is -2.24. The van der Waals surface area contributed by atoms with Gasteiger partial charge in [0, 0.05) is 25.2 Å². The molecule has 1 aromatic carbocycles. The summed E-state index contributed by atoms with van der Waals surface area (Å²) in [5, 5.41) is 0. The Morgan fingerprint density at radius 3 is 2.61 bits per heavy atom. The summed E-state index contributed by atoms with van der Waals surface area (Å²) in [6, 6.07) is 5.26. The lowest BCUT2D eigenvalue weighted by Crippen LogP contribution is -2.28. The van der Waals surface area contributed by atoms with Gasteiger partial charge in [-0.3, -0.25) is 4.90 Å². The fraction of sp³-hybridized carbons (Fsp3) is 0.600. The number of hydrogen-bond acceptors (Lipinski definition) is 2. The maximum absolute atomic E-state index is 13.4. The van der Waals surface area contributed by atoms with Crippen molar-refractivity contribution in [3.63, 3.8) is 0 Å². The van der Waals surface area contributed by atoms with E-state index in [1.54, 1.807) is 0 Å². The monoisotopic (exact) mass is 252 g/mol. The van der Waals surface area contributed by atoms with Crippen molar-refractivity contribution in [1.29, 1.82) is 0 Å². The van der Waals surface area contributed by atoms with Gasteiger partial charge < -0.3 is 5.73 Å². The maximum atomic E-state index is 13.4. The van der Waals surface area contributed by atoms with Gasteiger partial charge in [-0.2, -0.15) is 0 Å². The summed E-state index contributed by atoms with van der Waals surface area (Å²) in [5.41, 5.74) is 7.28. The lowest BCUT2D eigenvalue weighted by molar-refractivity contribution is 0.238. The summed E-state index contributed by atoms with van der Waals surface area (Å²) in [6.07, 6.45) is 1.19. The Balaban J connectivity index is 2.69. The van der Waals surface area contributed by atoms with Crippen LogP contribution >= 0.6 is 0 Å². The molecule has 0 saturated heterocycles. The third-order valence-corrected chi connectivity index (χ3v) is 3.45. The number of hydrogen-bond donors (Lipinski definition) is 1. The van der Waals surface area contributed by atoms with Gasteiger partial charge in [0.25, 0.3) is 0 Å². The van der Waals surface area contributed by atoms with Gasteiger partial charge in [-0.25, -0.2) is 4.39 Å². The first kappa shape index (κ1) is 15.1. The maximum Gasteiger partial charge on any atom is 0.127 e. The first-order valence-corrected chi connectivity index (χ1v) is 6.80. The van der Waals surface area contributed by atoms with Crippen LogP contribution < -0.4 is 5.73 Å². The molecule has 0 amide bonds. The smallest absolute Gasteiger partial charge is 0.127 e. The van der Waals surface area contributed by atoms with Crippen molar-refractivity contribution < 1.29 is 4.39 Å². The molecule has 0 aliphatic heterocycles. The summed E-state index contributed by atoms with van der Waals surface area (Å²) in [6.45, 7) is 9.87. The summed E-state index contributed by atoms with van der Waals surface area (Å²) in [4.78, 5) is 2.39. The zero-order chi connectivity index (χ0) is 13.5. The minimum atomic E-state index is -0.203. The highest BCUT2D eigenvalue weighted by Gasteiger charge is 2.09. The Kier molecular flexibility index (Phi) is 6.30. The number of nitrogens with zero attached hydrogens (tertiary/aromatic N) is 1. The number of benzene rings is 1. The van der Waals surface area contributed by atoms with Crippen LogP contribution in [0.5, 0.6) is 0 Å². The zero-order valence-electron chi connectivity index (χ0n) is 11.7. The van der Waals surface area contributed by atoms with Crippen LogP contribution in [0.15, 0.2) is 18.2 Å². The van der Waals surface area contributed by atoms with E-state index >= 15 is 0 Å². The van der Waals surface area contributed by atoms with Gasteiger partial charge in [0.05, 0.1) is 0 Å². The standard InChI is InChI=1S/C15H25FN2/c1-4-12(3)10-18(5-2)11-13-6-7-15(16)14(8-13)9-17/h6-8,12H,4-5,9-11,17H2,1-3H3. The van der Waals surface area contributed by atoms with Crippen LogP contribution in [-0.2, 0) is 13.1 Å². The summed E-state index contributed by atoms with van der Waals surface area (Å²) < 4.78 is 13.4. The molecule has 1 aromatic rings. The molecule has 3 heteroatoms. The van der Waals surface area contributed by atoms with E-state index in [4.69, 9.17) is 5.73 Å². The average Bonchev–Trinajstić information content (AvgIpc) is 2.39. The van der Waals surface area contributed by atoms with Crippen LogP contribution in [0, 0.1) is 11.7 Å². The van der Waals surface area contributed by atoms with E-state index in [-0.39, 0.29) is 12.4 Å².